The molecular formula is C8H18N2OS. The number of rotatable bonds is 4. The molecule has 0 aliphatic carbocycles. The van der Waals surface area contributed by atoms with Crippen molar-refractivity contribution in [1.82, 2.24) is 10.2 Å². The van der Waals surface area contributed by atoms with Crippen LogP contribution >= 0.6 is 12.2 Å². The van der Waals surface area contributed by atoms with E-state index in [4.69, 9.17) is 17.0 Å². The smallest absolute Gasteiger partial charge is 0.168 e. The molecule has 0 fully saturated rings. The lowest BCUT2D eigenvalue weighted by Crippen LogP contribution is -2.43. The van der Waals surface area contributed by atoms with E-state index >= 15 is 0 Å². The highest BCUT2D eigenvalue weighted by atomic mass is 32.1. The van der Waals surface area contributed by atoms with E-state index in [1.807, 2.05) is 7.05 Å². The molecule has 0 saturated carbocycles. The van der Waals surface area contributed by atoms with E-state index in [-0.39, 0.29) is 0 Å². The molecule has 0 aromatic carbocycles. The second-order valence-electron chi connectivity index (χ2n) is 2.84. The molecule has 0 aliphatic rings. The first-order valence-electron chi connectivity index (χ1n) is 4.10. The van der Waals surface area contributed by atoms with Crippen LogP contribution < -0.4 is 5.32 Å². The van der Waals surface area contributed by atoms with Crippen molar-refractivity contribution < 1.29 is 4.74 Å². The molecule has 0 amide bonds. The summed E-state index contributed by atoms with van der Waals surface area (Å²) in [6, 6.07) is 0.417. The van der Waals surface area contributed by atoms with Crippen molar-refractivity contribution in [3.63, 3.8) is 0 Å². The van der Waals surface area contributed by atoms with Gasteiger partial charge in [0.15, 0.2) is 5.11 Å². The molecule has 0 aliphatic heterocycles. The Hall–Kier alpha value is -0.350. The minimum Gasteiger partial charge on any atom is -0.383 e. The van der Waals surface area contributed by atoms with Crippen molar-refractivity contribution in [2.75, 3.05) is 27.3 Å². The van der Waals surface area contributed by atoms with Crippen molar-refractivity contribution in [3.8, 4) is 0 Å². The fourth-order valence-corrected chi connectivity index (χ4v) is 1.23. The van der Waals surface area contributed by atoms with Gasteiger partial charge in [-0.05, 0) is 26.1 Å². The number of hydrogen-bond donors (Lipinski definition) is 1. The standard InChI is InChI=1S/C8H18N2OS/c1-7(2)10(5-6-11-4)8(12)9-3/h7H,5-6H2,1-4H3,(H,9,12). The second kappa shape index (κ2) is 6.20. The summed E-state index contributed by atoms with van der Waals surface area (Å²) < 4.78 is 4.99. The van der Waals surface area contributed by atoms with Crippen LogP contribution in [0.2, 0.25) is 0 Å². The molecule has 0 aromatic heterocycles. The van der Waals surface area contributed by atoms with Gasteiger partial charge in [-0.3, -0.25) is 0 Å². The summed E-state index contributed by atoms with van der Waals surface area (Å²) in [4.78, 5) is 2.10. The fraction of sp³-hybridized carbons (Fsp3) is 0.875. The van der Waals surface area contributed by atoms with Crippen LogP contribution in [0.1, 0.15) is 13.8 Å². The van der Waals surface area contributed by atoms with Crippen molar-refractivity contribution in [3.05, 3.63) is 0 Å². The minimum atomic E-state index is 0.417. The van der Waals surface area contributed by atoms with Gasteiger partial charge in [-0.1, -0.05) is 0 Å². The van der Waals surface area contributed by atoms with Gasteiger partial charge in [0.25, 0.3) is 0 Å². The number of thiocarbonyl (C=S) groups is 1. The Bertz CT molecular complexity index is 139. The maximum absolute atomic E-state index is 5.13. The first-order chi connectivity index (χ1) is 5.63. The number of methoxy groups -OCH3 is 1. The number of ether oxygens (including phenoxy) is 1. The molecule has 4 heteroatoms. The van der Waals surface area contributed by atoms with Crippen LogP contribution in [-0.2, 0) is 4.74 Å². The van der Waals surface area contributed by atoms with Crippen LogP contribution in [0.25, 0.3) is 0 Å². The Labute approximate surface area is 80.1 Å². The Balaban J connectivity index is 3.95. The topological polar surface area (TPSA) is 24.5 Å². The van der Waals surface area contributed by atoms with Crippen LogP contribution in [0.4, 0.5) is 0 Å². The molecule has 0 atom stereocenters. The van der Waals surface area contributed by atoms with Gasteiger partial charge < -0.3 is 15.0 Å². The van der Waals surface area contributed by atoms with E-state index in [0.717, 1.165) is 11.7 Å². The highest BCUT2D eigenvalue weighted by Crippen LogP contribution is 1.98. The SMILES string of the molecule is CNC(=S)N(CCOC)C(C)C. The predicted octanol–water partition coefficient (Wildman–Crippen LogP) is 0.847. The largest absolute Gasteiger partial charge is 0.383 e. The molecule has 0 radical (unpaired) electrons. The quantitative estimate of drug-likeness (QED) is 0.664. The molecule has 0 spiro atoms. The zero-order valence-corrected chi connectivity index (χ0v) is 9.07. The van der Waals surface area contributed by atoms with Gasteiger partial charge in [-0.15, -0.1) is 0 Å². The molecule has 0 rings (SSSR count). The Morgan fingerprint density at radius 1 is 1.58 bits per heavy atom. The molecule has 0 unspecified atom stereocenters. The number of hydrogen-bond acceptors (Lipinski definition) is 2. The lowest BCUT2D eigenvalue weighted by atomic mass is 10.3. The van der Waals surface area contributed by atoms with E-state index in [1.54, 1.807) is 7.11 Å². The molecule has 72 valence electrons. The van der Waals surface area contributed by atoms with E-state index in [9.17, 15) is 0 Å². The summed E-state index contributed by atoms with van der Waals surface area (Å²) in [5.74, 6) is 0. The Morgan fingerprint density at radius 2 is 2.17 bits per heavy atom. The van der Waals surface area contributed by atoms with E-state index < -0.39 is 0 Å². The van der Waals surface area contributed by atoms with E-state index in [2.05, 4.69) is 24.1 Å². The summed E-state index contributed by atoms with van der Waals surface area (Å²) in [5.41, 5.74) is 0. The van der Waals surface area contributed by atoms with Crippen LogP contribution in [0.3, 0.4) is 0 Å². The monoisotopic (exact) mass is 190 g/mol. The molecule has 3 nitrogen and oxygen atoms in total. The second-order valence-corrected chi connectivity index (χ2v) is 3.22. The zero-order valence-electron chi connectivity index (χ0n) is 8.26. The lowest BCUT2D eigenvalue weighted by molar-refractivity contribution is 0.166. The first kappa shape index (κ1) is 11.6. The molecule has 1 N–H and O–H groups in total. The van der Waals surface area contributed by atoms with Gasteiger partial charge in [0.05, 0.1) is 6.61 Å². The van der Waals surface area contributed by atoms with Crippen LogP contribution in [-0.4, -0.2) is 43.4 Å². The van der Waals surface area contributed by atoms with Crippen LogP contribution in [0, 0.1) is 0 Å². The molecule has 0 bridgehead atoms. The van der Waals surface area contributed by atoms with Crippen molar-refractivity contribution in [2.24, 2.45) is 0 Å². The normalized spacial score (nSPS) is 10.1. The average molecular weight is 190 g/mol. The van der Waals surface area contributed by atoms with Crippen LogP contribution in [0.15, 0.2) is 0 Å². The fourth-order valence-electron chi connectivity index (χ4n) is 0.927. The average Bonchev–Trinajstić information content (AvgIpc) is 2.04. The van der Waals surface area contributed by atoms with Crippen molar-refractivity contribution in [2.45, 2.75) is 19.9 Å². The molecule has 0 heterocycles. The maximum atomic E-state index is 5.13. The summed E-state index contributed by atoms with van der Waals surface area (Å²) in [6.45, 7) is 5.77. The van der Waals surface area contributed by atoms with Gasteiger partial charge in [-0.2, -0.15) is 0 Å². The number of nitrogens with zero attached hydrogens (tertiary/aromatic N) is 1. The van der Waals surface area contributed by atoms with Gasteiger partial charge >= 0.3 is 0 Å². The van der Waals surface area contributed by atoms with E-state index in [0.29, 0.717) is 12.6 Å². The summed E-state index contributed by atoms with van der Waals surface area (Å²) in [6.07, 6.45) is 0. The van der Waals surface area contributed by atoms with Crippen molar-refractivity contribution >= 4 is 17.3 Å². The Morgan fingerprint density at radius 3 is 2.50 bits per heavy atom. The summed E-state index contributed by atoms with van der Waals surface area (Å²) in [5, 5.41) is 3.74. The maximum Gasteiger partial charge on any atom is 0.168 e. The minimum absolute atomic E-state index is 0.417. The lowest BCUT2D eigenvalue weighted by Gasteiger charge is -2.28. The van der Waals surface area contributed by atoms with Gasteiger partial charge in [0.1, 0.15) is 0 Å². The van der Waals surface area contributed by atoms with Crippen molar-refractivity contribution in [1.29, 1.82) is 0 Å². The molecular weight excluding hydrogens is 172 g/mol. The third-order valence-electron chi connectivity index (χ3n) is 1.63. The zero-order chi connectivity index (χ0) is 9.56. The van der Waals surface area contributed by atoms with E-state index in [1.165, 1.54) is 0 Å². The molecule has 12 heavy (non-hydrogen) atoms. The Kier molecular flexibility index (Phi) is 6.02. The predicted molar refractivity (Wildman–Crippen MR) is 55.4 cm³/mol. The summed E-state index contributed by atoms with van der Waals surface area (Å²) in [7, 11) is 3.53. The molecule has 0 saturated heterocycles. The molecule has 0 aromatic rings. The third-order valence-corrected chi connectivity index (χ3v) is 2.07. The number of nitrogens with one attached hydrogen (secondary N) is 1. The van der Waals surface area contributed by atoms with Gasteiger partial charge in [0, 0.05) is 26.7 Å². The highest BCUT2D eigenvalue weighted by molar-refractivity contribution is 7.80. The first-order valence-corrected chi connectivity index (χ1v) is 4.51. The van der Waals surface area contributed by atoms with Gasteiger partial charge in [-0.25, -0.2) is 0 Å². The highest BCUT2D eigenvalue weighted by Gasteiger charge is 2.10. The third kappa shape index (κ3) is 3.88. The van der Waals surface area contributed by atoms with Crippen LogP contribution in [0.5, 0.6) is 0 Å². The summed E-state index contributed by atoms with van der Waals surface area (Å²) >= 11 is 5.13. The van der Waals surface area contributed by atoms with Gasteiger partial charge in [0.2, 0.25) is 0 Å².